The van der Waals surface area contributed by atoms with Crippen LogP contribution in [0, 0.1) is 0 Å². The second-order valence-electron chi connectivity index (χ2n) is 2.47. The molecule has 0 aliphatic heterocycles. The minimum atomic E-state index is 0.365. The predicted molar refractivity (Wildman–Crippen MR) is 44.1 cm³/mol. The average molecular weight is 151 g/mol. The van der Waals surface area contributed by atoms with Gasteiger partial charge in [-0.2, -0.15) is 0 Å². The van der Waals surface area contributed by atoms with Crippen LogP contribution in [0.3, 0.4) is 0 Å². The van der Waals surface area contributed by atoms with E-state index >= 15 is 0 Å². The Balaban J connectivity index is 2.74. The Morgan fingerprint density at radius 3 is 2.82 bits per heavy atom. The summed E-state index contributed by atoms with van der Waals surface area (Å²) in [5.74, 6) is 0.365. The molecule has 3 heteroatoms. The minimum Gasteiger partial charge on any atom is -0.330 e. The molecule has 0 aliphatic rings. The molecule has 0 aliphatic carbocycles. The van der Waals surface area contributed by atoms with Gasteiger partial charge in [0.1, 0.15) is 0 Å². The van der Waals surface area contributed by atoms with Crippen molar-refractivity contribution in [2.45, 2.75) is 19.3 Å². The summed E-state index contributed by atoms with van der Waals surface area (Å²) >= 11 is 0. The van der Waals surface area contributed by atoms with Crippen LogP contribution in [0.15, 0.2) is 18.6 Å². The molecule has 0 spiro atoms. The van der Waals surface area contributed by atoms with Gasteiger partial charge in [0.25, 0.3) is 0 Å². The normalized spacial score (nSPS) is 12.9. The predicted octanol–water partition coefficient (Wildman–Crippen LogP) is 0.929. The first kappa shape index (κ1) is 8.14. The lowest BCUT2D eigenvalue weighted by Gasteiger charge is -2.09. The van der Waals surface area contributed by atoms with Gasteiger partial charge in [-0.3, -0.25) is 9.97 Å². The van der Waals surface area contributed by atoms with E-state index in [1.807, 2.05) is 0 Å². The van der Waals surface area contributed by atoms with Crippen LogP contribution in [0.1, 0.15) is 25.0 Å². The number of nitrogens with two attached hydrogens (primary N) is 1. The molecule has 1 rings (SSSR count). The van der Waals surface area contributed by atoms with Gasteiger partial charge in [-0.1, -0.05) is 6.92 Å². The van der Waals surface area contributed by atoms with Crippen LogP contribution in [-0.4, -0.2) is 16.5 Å². The highest BCUT2D eigenvalue weighted by Crippen LogP contribution is 2.12. The molecule has 1 aromatic heterocycles. The molecule has 0 bridgehead atoms. The van der Waals surface area contributed by atoms with Crippen molar-refractivity contribution in [3.05, 3.63) is 24.3 Å². The third-order valence-corrected chi connectivity index (χ3v) is 1.78. The molecule has 0 saturated carbocycles. The quantitative estimate of drug-likeness (QED) is 0.699. The van der Waals surface area contributed by atoms with Gasteiger partial charge >= 0.3 is 0 Å². The Kier molecular flexibility index (Phi) is 2.98. The molecule has 0 amide bonds. The lowest BCUT2D eigenvalue weighted by Crippen LogP contribution is -2.12. The van der Waals surface area contributed by atoms with Crippen LogP contribution in [0.25, 0.3) is 0 Å². The van der Waals surface area contributed by atoms with Gasteiger partial charge in [0.15, 0.2) is 0 Å². The molecular formula is C8H13N3. The van der Waals surface area contributed by atoms with E-state index in [1.165, 1.54) is 0 Å². The SMILES string of the molecule is CCC(CN)c1cnccn1. The van der Waals surface area contributed by atoms with Crippen molar-refractivity contribution in [1.82, 2.24) is 9.97 Å². The third kappa shape index (κ3) is 1.98. The van der Waals surface area contributed by atoms with Crippen LogP contribution in [0.5, 0.6) is 0 Å². The number of hydrogen-bond acceptors (Lipinski definition) is 3. The first-order valence-corrected chi connectivity index (χ1v) is 3.84. The van der Waals surface area contributed by atoms with Gasteiger partial charge in [0, 0.05) is 31.1 Å². The van der Waals surface area contributed by atoms with Crippen molar-refractivity contribution in [2.24, 2.45) is 5.73 Å². The highest BCUT2D eigenvalue weighted by atomic mass is 14.8. The average Bonchev–Trinajstić information content (AvgIpc) is 2.09. The van der Waals surface area contributed by atoms with Crippen LogP contribution in [-0.2, 0) is 0 Å². The topological polar surface area (TPSA) is 51.8 Å². The summed E-state index contributed by atoms with van der Waals surface area (Å²) < 4.78 is 0. The van der Waals surface area contributed by atoms with E-state index in [-0.39, 0.29) is 0 Å². The van der Waals surface area contributed by atoms with Gasteiger partial charge in [-0.25, -0.2) is 0 Å². The van der Waals surface area contributed by atoms with Crippen LogP contribution in [0.4, 0.5) is 0 Å². The number of aromatic nitrogens is 2. The first-order valence-electron chi connectivity index (χ1n) is 3.84. The fraction of sp³-hybridized carbons (Fsp3) is 0.500. The van der Waals surface area contributed by atoms with Crippen LogP contribution >= 0.6 is 0 Å². The summed E-state index contributed by atoms with van der Waals surface area (Å²) in [7, 11) is 0. The highest BCUT2D eigenvalue weighted by Gasteiger charge is 2.06. The molecule has 11 heavy (non-hydrogen) atoms. The Morgan fingerprint density at radius 2 is 2.36 bits per heavy atom. The van der Waals surface area contributed by atoms with Crippen molar-refractivity contribution in [3.63, 3.8) is 0 Å². The molecular weight excluding hydrogens is 138 g/mol. The van der Waals surface area contributed by atoms with E-state index in [4.69, 9.17) is 5.73 Å². The molecule has 0 fully saturated rings. The van der Waals surface area contributed by atoms with Crippen molar-refractivity contribution in [1.29, 1.82) is 0 Å². The van der Waals surface area contributed by atoms with E-state index in [1.54, 1.807) is 18.6 Å². The van der Waals surface area contributed by atoms with Crippen LogP contribution in [0.2, 0.25) is 0 Å². The summed E-state index contributed by atoms with van der Waals surface area (Å²) in [6.07, 6.45) is 6.18. The van der Waals surface area contributed by atoms with Gasteiger partial charge in [0.05, 0.1) is 5.69 Å². The maximum Gasteiger partial charge on any atom is 0.0630 e. The molecule has 0 aromatic carbocycles. The monoisotopic (exact) mass is 151 g/mol. The molecule has 0 saturated heterocycles. The van der Waals surface area contributed by atoms with E-state index in [2.05, 4.69) is 16.9 Å². The zero-order valence-corrected chi connectivity index (χ0v) is 6.70. The van der Waals surface area contributed by atoms with E-state index < -0.39 is 0 Å². The molecule has 60 valence electrons. The summed E-state index contributed by atoms with van der Waals surface area (Å²) in [6.45, 7) is 2.75. The lowest BCUT2D eigenvalue weighted by atomic mass is 10.0. The Morgan fingerprint density at radius 1 is 1.55 bits per heavy atom. The largest absolute Gasteiger partial charge is 0.330 e. The maximum atomic E-state index is 5.55. The molecule has 1 heterocycles. The first-order chi connectivity index (χ1) is 5.38. The van der Waals surface area contributed by atoms with Crippen molar-refractivity contribution < 1.29 is 0 Å². The Hall–Kier alpha value is -0.960. The Bertz CT molecular complexity index is 194. The Labute approximate surface area is 66.7 Å². The van der Waals surface area contributed by atoms with Crippen molar-refractivity contribution >= 4 is 0 Å². The fourth-order valence-electron chi connectivity index (χ4n) is 1.02. The second-order valence-corrected chi connectivity index (χ2v) is 2.47. The van der Waals surface area contributed by atoms with E-state index in [0.717, 1.165) is 12.1 Å². The van der Waals surface area contributed by atoms with E-state index in [9.17, 15) is 0 Å². The van der Waals surface area contributed by atoms with Gasteiger partial charge in [-0.05, 0) is 6.42 Å². The van der Waals surface area contributed by atoms with Gasteiger partial charge in [0.2, 0.25) is 0 Å². The van der Waals surface area contributed by atoms with Crippen LogP contribution < -0.4 is 5.73 Å². The summed E-state index contributed by atoms with van der Waals surface area (Å²) in [6, 6.07) is 0. The smallest absolute Gasteiger partial charge is 0.0630 e. The molecule has 1 unspecified atom stereocenters. The minimum absolute atomic E-state index is 0.365. The standard InChI is InChI=1S/C8H13N3/c1-2-7(5-9)8-6-10-3-4-11-8/h3-4,6-7H,2,5,9H2,1H3. The number of rotatable bonds is 3. The molecule has 1 atom stereocenters. The second kappa shape index (κ2) is 4.03. The number of nitrogens with zero attached hydrogens (tertiary/aromatic N) is 2. The van der Waals surface area contributed by atoms with Gasteiger partial charge < -0.3 is 5.73 Å². The lowest BCUT2D eigenvalue weighted by molar-refractivity contribution is 0.650. The zero-order chi connectivity index (χ0) is 8.10. The van der Waals surface area contributed by atoms with Gasteiger partial charge in [-0.15, -0.1) is 0 Å². The fourth-order valence-corrected chi connectivity index (χ4v) is 1.02. The van der Waals surface area contributed by atoms with Crippen molar-refractivity contribution in [3.8, 4) is 0 Å². The third-order valence-electron chi connectivity index (χ3n) is 1.78. The summed E-state index contributed by atoms with van der Waals surface area (Å²) in [4.78, 5) is 8.16. The summed E-state index contributed by atoms with van der Waals surface area (Å²) in [5, 5.41) is 0. The molecule has 2 N–H and O–H groups in total. The number of hydrogen-bond donors (Lipinski definition) is 1. The molecule has 0 radical (unpaired) electrons. The highest BCUT2D eigenvalue weighted by molar-refractivity contribution is 5.03. The maximum absolute atomic E-state index is 5.55. The van der Waals surface area contributed by atoms with E-state index in [0.29, 0.717) is 12.5 Å². The molecule has 1 aromatic rings. The zero-order valence-electron chi connectivity index (χ0n) is 6.70. The van der Waals surface area contributed by atoms with Crippen molar-refractivity contribution in [2.75, 3.05) is 6.54 Å². The summed E-state index contributed by atoms with van der Waals surface area (Å²) in [5.41, 5.74) is 6.55. The molecule has 3 nitrogen and oxygen atoms in total.